The molecule has 1 saturated heterocycles. The molecule has 1 heterocycles. The molecule has 0 bridgehead atoms. The third kappa shape index (κ3) is 2.66. The average molecular weight is 215 g/mol. The highest BCUT2D eigenvalue weighted by molar-refractivity contribution is 7.81. The van der Waals surface area contributed by atoms with Crippen LogP contribution in [0.3, 0.4) is 0 Å². The number of nitrogens with zero attached hydrogens (tertiary/aromatic N) is 1. The fourth-order valence-electron chi connectivity index (χ4n) is 1.84. The first-order valence-electron chi connectivity index (χ1n) is 5.53. The van der Waals surface area contributed by atoms with E-state index in [0.29, 0.717) is 11.8 Å². The zero-order chi connectivity index (χ0) is 10.7. The lowest BCUT2D eigenvalue weighted by atomic mass is 10.1. The van der Waals surface area contributed by atoms with Crippen molar-refractivity contribution in [2.45, 2.75) is 38.9 Å². The number of likely N-dealkylation sites (tertiary alicyclic amines) is 1. The molecule has 0 aromatic rings. The van der Waals surface area contributed by atoms with Gasteiger partial charge in [0.25, 0.3) is 0 Å². The summed E-state index contributed by atoms with van der Waals surface area (Å²) in [5.74, 6) is 1.26. The molecule has 1 amide bonds. The van der Waals surface area contributed by atoms with E-state index in [2.05, 4.69) is 19.6 Å². The molecule has 3 heteroatoms. The number of rotatable bonds is 3. The number of carbonyl (C=O) groups is 1. The van der Waals surface area contributed by atoms with Gasteiger partial charge in [0.2, 0.25) is 5.91 Å². The van der Waals surface area contributed by atoms with E-state index in [0.717, 1.165) is 13.1 Å². The van der Waals surface area contributed by atoms with Crippen molar-refractivity contribution in [3.05, 3.63) is 0 Å². The molecule has 1 fully saturated rings. The summed E-state index contributed by atoms with van der Waals surface area (Å²) < 4.78 is 0. The Morgan fingerprint density at radius 1 is 1.57 bits per heavy atom. The van der Waals surface area contributed by atoms with Crippen LogP contribution in [0.25, 0.3) is 0 Å². The second-order valence-electron chi connectivity index (χ2n) is 4.54. The molecule has 1 aliphatic rings. The number of carbonyl (C=O) groups excluding carboxylic acids is 1. The van der Waals surface area contributed by atoms with Gasteiger partial charge in [-0.3, -0.25) is 4.79 Å². The molecule has 2 unspecified atom stereocenters. The quantitative estimate of drug-likeness (QED) is 0.716. The molecular formula is C11H21NOS. The number of hydrogen-bond donors (Lipinski definition) is 1. The lowest BCUT2D eigenvalue weighted by molar-refractivity contribution is -0.130. The van der Waals surface area contributed by atoms with Gasteiger partial charge in [0.05, 0.1) is 5.25 Å². The number of hydrogen-bond acceptors (Lipinski definition) is 2. The smallest absolute Gasteiger partial charge is 0.235 e. The molecule has 2 nitrogen and oxygen atoms in total. The molecule has 0 saturated carbocycles. The van der Waals surface area contributed by atoms with Crippen LogP contribution >= 0.6 is 12.6 Å². The van der Waals surface area contributed by atoms with Gasteiger partial charge in [-0.15, -0.1) is 0 Å². The number of thiol groups is 1. The minimum atomic E-state index is -0.120. The fraction of sp³-hybridized carbons (Fsp3) is 0.909. The molecule has 0 N–H and O–H groups in total. The van der Waals surface area contributed by atoms with E-state index in [1.165, 1.54) is 12.8 Å². The summed E-state index contributed by atoms with van der Waals surface area (Å²) in [5, 5.41) is -0.120. The van der Waals surface area contributed by atoms with Crippen molar-refractivity contribution in [2.75, 3.05) is 13.1 Å². The van der Waals surface area contributed by atoms with Gasteiger partial charge in [0.1, 0.15) is 0 Å². The highest BCUT2D eigenvalue weighted by Crippen LogP contribution is 2.22. The second-order valence-corrected chi connectivity index (χ2v) is 5.09. The molecule has 1 rings (SSSR count). The Balaban J connectivity index is 2.47. The summed E-state index contributed by atoms with van der Waals surface area (Å²) in [4.78, 5) is 13.9. The Hall–Kier alpha value is -0.180. The first kappa shape index (κ1) is 11.9. The molecule has 82 valence electrons. The van der Waals surface area contributed by atoms with E-state index in [9.17, 15) is 4.79 Å². The van der Waals surface area contributed by atoms with Crippen LogP contribution in [0, 0.1) is 11.8 Å². The third-order valence-corrected chi connectivity index (χ3v) is 3.88. The largest absolute Gasteiger partial charge is 0.341 e. The van der Waals surface area contributed by atoms with Gasteiger partial charge in [-0.25, -0.2) is 0 Å². The molecule has 14 heavy (non-hydrogen) atoms. The van der Waals surface area contributed by atoms with Crippen molar-refractivity contribution in [2.24, 2.45) is 11.8 Å². The molecular weight excluding hydrogens is 194 g/mol. The lowest BCUT2D eigenvalue weighted by Crippen LogP contribution is -2.37. The van der Waals surface area contributed by atoms with Crippen molar-refractivity contribution in [1.82, 2.24) is 4.90 Å². The monoisotopic (exact) mass is 215 g/mol. The molecule has 0 aliphatic carbocycles. The van der Waals surface area contributed by atoms with E-state index in [1.807, 2.05) is 18.7 Å². The van der Waals surface area contributed by atoms with Gasteiger partial charge in [-0.05, 0) is 18.3 Å². The Bertz CT molecular complexity index is 205. The van der Waals surface area contributed by atoms with Gasteiger partial charge in [-0.1, -0.05) is 27.2 Å². The van der Waals surface area contributed by atoms with Crippen LogP contribution in [0.2, 0.25) is 0 Å². The molecule has 0 aromatic carbocycles. The van der Waals surface area contributed by atoms with Crippen LogP contribution in [0.15, 0.2) is 0 Å². The van der Waals surface area contributed by atoms with Gasteiger partial charge < -0.3 is 4.90 Å². The van der Waals surface area contributed by atoms with Crippen LogP contribution in [-0.4, -0.2) is 29.1 Å². The van der Waals surface area contributed by atoms with Crippen LogP contribution < -0.4 is 0 Å². The number of amides is 1. The summed E-state index contributed by atoms with van der Waals surface area (Å²) in [6, 6.07) is 0. The van der Waals surface area contributed by atoms with E-state index < -0.39 is 0 Å². The normalized spacial score (nSPS) is 24.4. The van der Waals surface area contributed by atoms with E-state index in [1.54, 1.807) is 0 Å². The predicted molar refractivity (Wildman–Crippen MR) is 62.6 cm³/mol. The van der Waals surface area contributed by atoms with Gasteiger partial charge in [-0.2, -0.15) is 12.6 Å². The second kappa shape index (κ2) is 5.06. The Morgan fingerprint density at radius 3 is 2.64 bits per heavy atom. The maximum absolute atomic E-state index is 11.9. The zero-order valence-corrected chi connectivity index (χ0v) is 10.3. The minimum Gasteiger partial charge on any atom is -0.341 e. The summed E-state index contributed by atoms with van der Waals surface area (Å²) in [6.07, 6.45) is 2.35. The standard InChI is InChI=1S/C11H21NOS/c1-4-9-5-6-12(7-9)11(13)10(14)8(2)3/h8-10,14H,4-7H2,1-3H3. The molecule has 0 spiro atoms. The van der Waals surface area contributed by atoms with Gasteiger partial charge in [0.15, 0.2) is 0 Å². The third-order valence-electron chi connectivity index (χ3n) is 3.06. The van der Waals surface area contributed by atoms with Gasteiger partial charge in [0, 0.05) is 13.1 Å². The highest BCUT2D eigenvalue weighted by atomic mass is 32.1. The van der Waals surface area contributed by atoms with Crippen LogP contribution in [0.4, 0.5) is 0 Å². The van der Waals surface area contributed by atoms with Crippen molar-refractivity contribution in [1.29, 1.82) is 0 Å². The zero-order valence-electron chi connectivity index (χ0n) is 9.36. The van der Waals surface area contributed by atoms with E-state index in [-0.39, 0.29) is 11.2 Å². The average Bonchev–Trinajstić information content (AvgIpc) is 2.63. The van der Waals surface area contributed by atoms with E-state index >= 15 is 0 Å². The Labute approximate surface area is 92.5 Å². The summed E-state index contributed by atoms with van der Waals surface area (Å²) in [5.41, 5.74) is 0. The SMILES string of the molecule is CCC1CCN(C(=O)C(S)C(C)C)C1. The van der Waals surface area contributed by atoms with Crippen LogP contribution in [0.1, 0.15) is 33.6 Å². The fourth-order valence-corrected chi connectivity index (χ4v) is 2.00. The molecule has 0 radical (unpaired) electrons. The van der Waals surface area contributed by atoms with Crippen molar-refractivity contribution < 1.29 is 4.79 Å². The van der Waals surface area contributed by atoms with Crippen LogP contribution in [-0.2, 0) is 4.79 Å². The minimum absolute atomic E-state index is 0.120. The first-order chi connectivity index (χ1) is 6.56. The first-order valence-corrected chi connectivity index (χ1v) is 6.04. The summed E-state index contributed by atoms with van der Waals surface area (Å²) in [6.45, 7) is 8.16. The highest BCUT2D eigenvalue weighted by Gasteiger charge is 2.29. The van der Waals surface area contributed by atoms with Crippen molar-refractivity contribution >= 4 is 18.5 Å². The predicted octanol–water partition coefficient (Wildman–Crippen LogP) is 2.20. The van der Waals surface area contributed by atoms with Gasteiger partial charge >= 0.3 is 0 Å². The Kier molecular flexibility index (Phi) is 4.30. The maximum atomic E-state index is 11.9. The summed E-state index contributed by atoms with van der Waals surface area (Å²) >= 11 is 4.36. The Morgan fingerprint density at radius 2 is 2.21 bits per heavy atom. The molecule has 1 aliphatic heterocycles. The van der Waals surface area contributed by atoms with Crippen molar-refractivity contribution in [3.63, 3.8) is 0 Å². The van der Waals surface area contributed by atoms with Crippen LogP contribution in [0.5, 0.6) is 0 Å². The summed E-state index contributed by atoms with van der Waals surface area (Å²) in [7, 11) is 0. The van der Waals surface area contributed by atoms with E-state index in [4.69, 9.17) is 0 Å². The van der Waals surface area contributed by atoms with Crippen molar-refractivity contribution in [3.8, 4) is 0 Å². The molecule has 0 aromatic heterocycles. The maximum Gasteiger partial charge on any atom is 0.235 e. The molecule has 2 atom stereocenters. The topological polar surface area (TPSA) is 20.3 Å². The lowest BCUT2D eigenvalue weighted by Gasteiger charge is -2.22.